The highest BCUT2D eigenvalue weighted by Crippen LogP contribution is 1.87. The van der Waals surface area contributed by atoms with Crippen molar-refractivity contribution in [2.24, 2.45) is 0 Å². The van der Waals surface area contributed by atoms with Crippen LogP contribution < -0.4 is 0 Å². The molecule has 160 valence electrons. The van der Waals surface area contributed by atoms with E-state index in [0.717, 1.165) is 0 Å². The van der Waals surface area contributed by atoms with Gasteiger partial charge in [-0.05, 0) is 13.8 Å². The van der Waals surface area contributed by atoms with Crippen LogP contribution in [0.4, 0.5) is 0 Å². The van der Waals surface area contributed by atoms with Crippen LogP contribution in [0.3, 0.4) is 0 Å². The fourth-order valence-electron chi connectivity index (χ4n) is 1.02. The van der Waals surface area contributed by atoms with Gasteiger partial charge in [-0.15, -0.1) is 0 Å². The van der Waals surface area contributed by atoms with Crippen LogP contribution in [-0.4, -0.2) is 89.2 Å². The Hall–Kier alpha value is -1.78. The minimum Gasteiger partial charge on any atom is -0.466 e. The minimum absolute atomic E-state index is 0.0413. The first-order valence-corrected chi connectivity index (χ1v) is 8.20. The summed E-state index contributed by atoms with van der Waals surface area (Å²) in [6.45, 7) is 12.7. The Labute approximate surface area is 161 Å². The highest BCUT2D eigenvalue weighted by molar-refractivity contribution is 5.87. The molecule has 0 spiro atoms. The molecule has 0 aliphatic heterocycles. The predicted octanol–water partition coefficient (Wildman–Crippen LogP) is 0.492. The molecule has 0 radical (unpaired) electrons. The van der Waals surface area contributed by atoms with E-state index in [1.54, 1.807) is 13.8 Å². The summed E-state index contributed by atoms with van der Waals surface area (Å²) in [6, 6.07) is 0. The Balaban J connectivity index is -0.000000350. The molecular formula is C18H34O9. The second-order valence-electron chi connectivity index (χ2n) is 4.83. The lowest BCUT2D eigenvalue weighted by Gasteiger charge is -2.04. The lowest BCUT2D eigenvalue weighted by Crippen LogP contribution is -2.11. The number of hydrogen-bond donors (Lipinski definition) is 2. The zero-order valence-corrected chi connectivity index (χ0v) is 16.8. The second-order valence-corrected chi connectivity index (χ2v) is 4.83. The maximum atomic E-state index is 10.2. The van der Waals surface area contributed by atoms with Gasteiger partial charge in [0.2, 0.25) is 0 Å². The fraction of sp³-hybridized carbons (Fsp3) is 0.667. The number of carbonyl (C=O) groups is 2. The molecule has 0 aromatic carbocycles. The van der Waals surface area contributed by atoms with Gasteiger partial charge in [-0.1, -0.05) is 13.2 Å². The first-order valence-electron chi connectivity index (χ1n) is 8.20. The monoisotopic (exact) mass is 394 g/mol. The van der Waals surface area contributed by atoms with Crippen molar-refractivity contribution in [1.29, 1.82) is 0 Å². The molecule has 0 aliphatic carbocycles. The van der Waals surface area contributed by atoms with Gasteiger partial charge >= 0.3 is 11.9 Å². The van der Waals surface area contributed by atoms with Crippen molar-refractivity contribution in [3.8, 4) is 0 Å². The molecule has 0 aromatic heterocycles. The summed E-state index contributed by atoms with van der Waals surface area (Å²) in [7, 11) is 2.66. The first kappa shape index (κ1) is 30.0. The van der Waals surface area contributed by atoms with Crippen molar-refractivity contribution >= 4 is 11.9 Å². The van der Waals surface area contributed by atoms with Crippen LogP contribution in [-0.2, 0) is 33.3 Å². The topological polar surface area (TPSA) is 121 Å². The van der Waals surface area contributed by atoms with Crippen molar-refractivity contribution in [3.63, 3.8) is 0 Å². The molecule has 0 bridgehead atoms. The third kappa shape index (κ3) is 29.2. The molecule has 0 heterocycles. The third-order valence-electron chi connectivity index (χ3n) is 2.28. The van der Waals surface area contributed by atoms with E-state index in [0.29, 0.717) is 50.8 Å². The van der Waals surface area contributed by atoms with Crippen LogP contribution in [0.25, 0.3) is 0 Å². The second kappa shape index (κ2) is 24.2. The smallest absolute Gasteiger partial charge is 0.332 e. The van der Waals surface area contributed by atoms with Crippen LogP contribution in [0.15, 0.2) is 24.3 Å². The van der Waals surface area contributed by atoms with Gasteiger partial charge in [0.1, 0.15) is 0 Å². The number of hydrogen-bond acceptors (Lipinski definition) is 9. The highest BCUT2D eigenvalue weighted by atomic mass is 16.5. The SMILES string of the molecule is C=C(C)C(=O)OC.C=C(C)C(=O)OC.OCCOCCOCCOCCO. The highest BCUT2D eigenvalue weighted by Gasteiger charge is 1.96. The van der Waals surface area contributed by atoms with Crippen molar-refractivity contribution in [2.45, 2.75) is 13.8 Å². The molecule has 0 aliphatic rings. The number of methoxy groups -OCH3 is 2. The van der Waals surface area contributed by atoms with Crippen molar-refractivity contribution in [3.05, 3.63) is 24.3 Å². The molecule has 0 atom stereocenters. The summed E-state index contributed by atoms with van der Waals surface area (Å²) in [5.74, 6) is -0.694. The quantitative estimate of drug-likeness (QED) is 0.277. The van der Waals surface area contributed by atoms with Gasteiger partial charge in [0.15, 0.2) is 0 Å². The molecule has 9 heteroatoms. The van der Waals surface area contributed by atoms with E-state index in [2.05, 4.69) is 22.6 Å². The molecule has 0 unspecified atom stereocenters. The molecular weight excluding hydrogens is 360 g/mol. The zero-order valence-electron chi connectivity index (χ0n) is 16.8. The van der Waals surface area contributed by atoms with Crippen molar-refractivity contribution in [2.75, 3.05) is 67.1 Å². The average molecular weight is 394 g/mol. The summed E-state index contributed by atoms with van der Waals surface area (Å²) < 4.78 is 23.6. The summed E-state index contributed by atoms with van der Waals surface area (Å²) in [5.41, 5.74) is 0.866. The van der Waals surface area contributed by atoms with Gasteiger partial charge in [0.25, 0.3) is 0 Å². The molecule has 0 saturated carbocycles. The number of rotatable bonds is 12. The Morgan fingerprint density at radius 2 is 0.926 bits per heavy atom. The van der Waals surface area contributed by atoms with E-state index in [-0.39, 0.29) is 25.2 Å². The van der Waals surface area contributed by atoms with E-state index in [1.165, 1.54) is 14.2 Å². The number of ether oxygens (including phenoxy) is 5. The van der Waals surface area contributed by atoms with E-state index in [9.17, 15) is 9.59 Å². The number of aliphatic hydroxyl groups is 2. The molecule has 0 amide bonds. The Morgan fingerprint density at radius 1 is 0.667 bits per heavy atom. The van der Waals surface area contributed by atoms with E-state index in [4.69, 9.17) is 24.4 Å². The molecule has 0 aromatic rings. The Kier molecular flexibility index (Phi) is 26.9. The van der Waals surface area contributed by atoms with Crippen LogP contribution in [0.1, 0.15) is 13.8 Å². The van der Waals surface area contributed by atoms with E-state index >= 15 is 0 Å². The maximum Gasteiger partial charge on any atom is 0.332 e. The normalized spacial score (nSPS) is 9.11. The number of aliphatic hydroxyl groups excluding tert-OH is 2. The maximum absolute atomic E-state index is 10.2. The summed E-state index contributed by atoms with van der Waals surface area (Å²) in [5, 5.41) is 16.7. The molecule has 0 saturated heterocycles. The van der Waals surface area contributed by atoms with Crippen LogP contribution in [0, 0.1) is 0 Å². The third-order valence-corrected chi connectivity index (χ3v) is 2.28. The average Bonchev–Trinajstić information content (AvgIpc) is 2.66. The van der Waals surface area contributed by atoms with Crippen LogP contribution in [0.5, 0.6) is 0 Å². The van der Waals surface area contributed by atoms with Crippen LogP contribution >= 0.6 is 0 Å². The largest absolute Gasteiger partial charge is 0.466 e. The van der Waals surface area contributed by atoms with Crippen molar-refractivity contribution in [1.82, 2.24) is 0 Å². The number of carbonyl (C=O) groups excluding carboxylic acids is 2. The van der Waals surface area contributed by atoms with E-state index < -0.39 is 0 Å². The lowest BCUT2D eigenvalue weighted by atomic mass is 10.4. The van der Waals surface area contributed by atoms with Crippen molar-refractivity contribution < 1.29 is 43.5 Å². The number of esters is 2. The van der Waals surface area contributed by atoms with Crippen LogP contribution in [0.2, 0.25) is 0 Å². The standard InChI is InChI=1S/C8H18O5.2C5H8O2/c9-1-3-11-5-7-13-8-6-12-4-2-10;2*1-4(2)5(6)7-3/h9-10H,1-8H2;2*1H2,2-3H3. The van der Waals surface area contributed by atoms with Gasteiger partial charge in [0.05, 0.1) is 67.1 Å². The van der Waals surface area contributed by atoms with Gasteiger partial charge < -0.3 is 33.9 Å². The molecule has 27 heavy (non-hydrogen) atoms. The van der Waals surface area contributed by atoms with Gasteiger partial charge in [-0.2, -0.15) is 0 Å². The Bertz CT molecular complexity index is 358. The van der Waals surface area contributed by atoms with Gasteiger partial charge in [-0.25, -0.2) is 9.59 Å². The summed E-state index contributed by atoms with van der Waals surface area (Å²) in [6.07, 6.45) is 0. The fourth-order valence-corrected chi connectivity index (χ4v) is 1.02. The molecule has 0 rings (SSSR count). The predicted molar refractivity (Wildman–Crippen MR) is 100 cm³/mol. The van der Waals surface area contributed by atoms with Gasteiger partial charge in [0, 0.05) is 11.1 Å². The zero-order chi connectivity index (χ0) is 21.5. The first-order chi connectivity index (χ1) is 12.8. The Morgan fingerprint density at radius 3 is 1.07 bits per heavy atom. The summed E-state index contributed by atoms with van der Waals surface area (Å²) >= 11 is 0. The minimum atomic E-state index is -0.347. The summed E-state index contributed by atoms with van der Waals surface area (Å²) in [4.78, 5) is 20.4. The van der Waals surface area contributed by atoms with Gasteiger partial charge in [-0.3, -0.25) is 0 Å². The lowest BCUT2D eigenvalue weighted by molar-refractivity contribution is -0.136. The molecule has 0 fully saturated rings. The molecule has 2 N–H and O–H groups in total. The van der Waals surface area contributed by atoms with E-state index in [1.807, 2.05) is 0 Å². The molecule has 9 nitrogen and oxygen atoms in total.